The fourth-order valence-electron chi connectivity index (χ4n) is 6.54. The molecule has 234 valence electrons. The first-order valence-corrected chi connectivity index (χ1v) is 14.8. The van der Waals surface area contributed by atoms with E-state index in [0.717, 1.165) is 30.9 Å². The number of carbonyl (C=O) groups excluding carboxylic acids is 2. The van der Waals surface area contributed by atoms with Crippen molar-refractivity contribution in [3.8, 4) is 5.75 Å². The van der Waals surface area contributed by atoms with Gasteiger partial charge in [-0.3, -0.25) is 9.78 Å². The number of nitrogens with one attached hydrogen (secondary N) is 2. The molecule has 2 N–H and O–H groups in total. The zero-order chi connectivity index (χ0) is 31.5. The molecule has 0 saturated heterocycles. The van der Waals surface area contributed by atoms with E-state index >= 15 is 0 Å². The van der Waals surface area contributed by atoms with Gasteiger partial charge in [-0.05, 0) is 73.4 Å². The van der Waals surface area contributed by atoms with Crippen LogP contribution in [0.3, 0.4) is 0 Å². The first kappa shape index (κ1) is 31.6. The van der Waals surface area contributed by atoms with E-state index in [-0.39, 0.29) is 36.4 Å². The van der Waals surface area contributed by atoms with Crippen molar-refractivity contribution < 1.29 is 36.6 Å². The maximum absolute atomic E-state index is 13.9. The Morgan fingerprint density at radius 1 is 1.05 bits per heavy atom. The number of alkyl halides is 4. The number of urea groups is 1. The fourth-order valence-corrected chi connectivity index (χ4v) is 6.65. The third-order valence-corrected chi connectivity index (χ3v) is 8.63. The second-order valence-electron chi connectivity index (χ2n) is 11.2. The van der Waals surface area contributed by atoms with Crippen LogP contribution in [0.25, 0.3) is 0 Å². The van der Waals surface area contributed by atoms with Crippen molar-refractivity contribution in [1.82, 2.24) is 15.6 Å². The molecule has 2 fully saturated rings. The van der Waals surface area contributed by atoms with E-state index in [2.05, 4.69) is 20.4 Å². The summed E-state index contributed by atoms with van der Waals surface area (Å²) in [5, 5.41) is 6.35. The van der Waals surface area contributed by atoms with Crippen LogP contribution in [-0.4, -0.2) is 42.2 Å². The monoisotopic (exact) mass is 633 g/mol. The summed E-state index contributed by atoms with van der Waals surface area (Å²) < 4.78 is 63.6. The van der Waals surface area contributed by atoms with Crippen LogP contribution in [0.15, 0.2) is 72.9 Å². The molecule has 7 nitrogen and oxygen atoms in total. The first-order chi connectivity index (χ1) is 21.0. The van der Waals surface area contributed by atoms with Crippen molar-refractivity contribution >= 4 is 23.6 Å². The Bertz CT molecular complexity index is 1460. The van der Waals surface area contributed by atoms with E-state index in [9.17, 15) is 27.2 Å². The van der Waals surface area contributed by atoms with E-state index in [0.29, 0.717) is 10.7 Å². The summed E-state index contributed by atoms with van der Waals surface area (Å²) in [5.74, 6) is -1.20. The Morgan fingerprint density at radius 2 is 1.80 bits per heavy atom. The smallest absolute Gasteiger partial charge is 0.461 e. The van der Waals surface area contributed by atoms with E-state index in [1.54, 1.807) is 37.3 Å². The molecule has 0 spiro atoms. The summed E-state index contributed by atoms with van der Waals surface area (Å²) in [6, 6.07) is 16.4. The predicted octanol–water partition coefficient (Wildman–Crippen LogP) is 6.74. The van der Waals surface area contributed by atoms with Crippen molar-refractivity contribution in [2.75, 3.05) is 6.61 Å². The molecule has 44 heavy (non-hydrogen) atoms. The average molecular weight is 634 g/mol. The van der Waals surface area contributed by atoms with Crippen LogP contribution in [0, 0.1) is 17.8 Å². The zero-order valence-electron chi connectivity index (χ0n) is 23.8. The Kier molecular flexibility index (Phi) is 9.34. The number of fused-ring (bicyclic) bond motifs is 2. The van der Waals surface area contributed by atoms with Gasteiger partial charge in [0, 0.05) is 18.7 Å². The van der Waals surface area contributed by atoms with Gasteiger partial charge < -0.3 is 20.1 Å². The molecule has 0 unspecified atom stereocenters. The van der Waals surface area contributed by atoms with Gasteiger partial charge in [-0.2, -0.15) is 17.6 Å². The van der Waals surface area contributed by atoms with Crippen molar-refractivity contribution in [1.29, 1.82) is 0 Å². The molecule has 1 heterocycles. The summed E-state index contributed by atoms with van der Waals surface area (Å²) in [6.07, 6.45) is -4.81. The van der Waals surface area contributed by atoms with Crippen LogP contribution < -0.4 is 15.4 Å². The number of aromatic nitrogens is 1. The Labute approximate surface area is 257 Å². The van der Waals surface area contributed by atoms with Crippen molar-refractivity contribution in [3.63, 3.8) is 0 Å². The molecule has 5 atom stereocenters. The molecule has 0 radical (unpaired) electrons. The predicted molar refractivity (Wildman–Crippen MR) is 155 cm³/mol. The average Bonchev–Trinajstić information content (AvgIpc) is 3.60. The Hall–Kier alpha value is -3.86. The van der Waals surface area contributed by atoms with Gasteiger partial charge in [-0.25, -0.2) is 4.79 Å². The third-order valence-electron chi connectivity index (χ3n) is 8.41. The maximum atomic E-state index is 13.9. The van der Waals surface area contributed by atoms with Crippen LogP contribution in [-0.2, 0) is 21.5 Å². The fraction of sp³-hybridized carbons (Fsp3) is 0.406. The summed E-state index contributed by atoms with van der Waals surface area (Å²) >= 11 is 6.14. The summed E-state index contributed by atoms with van der Waals surface area (Å²) in [4.78, 5) is 31.3. The number of hydrogen-bond acceptors (Lipinski definition) is 5. The van der Waals surface area contributed by atoms with E-state index in [1.807, 2.05) is 18.2 Å². The summed E-state index contributed by atoms with van der Waals surface area (Å²) in [7, 11) is 0. The minimum Gasteiger partial charge on any atom is -0.466 e. The number of esters is 1. The minimum absolute atomic E-state index is 0.0859. The normalized spacial score (nSPS) is 22.3. The molecule has 3 aromatic rings. The van der Waals surface area contributed by atoms with Gasteiger partial charge in [0.1, 0.15) is 11.3 Å². The van der Waals surface area contributed by atoms with Crippen molar-refractivity contribution in [2.45, 2.75) is 56.7 Å². The highest BCUT2D eigenvalue weighted by Gasteiger charge is 2.52. The molecule has 2 amide bonds. The first-order valence-electron chi connectivity index (χ1n) is 14.4. The molecule has 2 saturated carbocycles. The van der Waals surface area contributed by atoms with E-state index in [1.165, 1.54) is 18.3 Å². The zero-order valence-corrected chi connectivity index (χ0v) is 24.6. The Balaban J connectivity index is 1.56. The number of hydrogen-bond donors (Lipinski definition) is 2. The van der Waals surface area contributed by atoms with Gasteiger partial charge in [-0.1, -0.05) is 54.1 Å². The number of halogens is 5. The molecule has 2 aliphatic carbocycles. The topological polar surface area (TPSA) is 89.5 Å². The number of carbonyl (C=O) groups is 2. The minimum atomic E-state index is -4.74. The highest BCUT2D eigenvalue weighted by molar-refractivity contribution is 6.30. The van der Waals surface area contributed by atoms with Crippen molar-refractivity contribution in [2.24, 2.45) is 17.8 Å². The molecule has 2 aliphatic rings. The highest BCUT2D eigenvalue weighted by Crippen LogP contribution is 2.49. The molecular weight excluding hydrogens is 602 g/mol. The molecule has 12 heteroatoms. The quantitative estimate of drug-likeness (QED) is 0.180. The molecule has 2 aromatic carbocycles. The SMILES string of the molecule is CCOC(=O)[C@H]1[C@H]2CC[C@H](C2)[C@H]1NC(=O)N[C@](Cc1ccccc1)(c1cccc(OC(F)(F)C(F)F)c1)c1ccc(Cl)cn1. The second kappa shape index (κ2) is 13.0. The molecule has 1 aromatic heterocycles. The van der Waals surface area contributed by atoms with E-state index < -0.39 is 41.8 Å². The van der Waals surface area contributed by atoms with Gasteiger partial charge in [0.15, 0.2) is 0 Å². The number of rotatable bonds is 11. The van der Waals surface area contributed by atoms with Gasteiger partial charge in [0.25, 0.3) is 0 Å². The molecule has 0 aliphatic heterocycles. The van der Waals surface area contributed by atoms with E-state index in [4.69, 9.17) is 16.3 Å². The highest BCUT2D eigenvalue weighted by atomic mass is 35.5. The van der Waals surface area contributed by atoms with Gasteiger partial charge in [0.05, 0.1) is 23.2 Å². The van der Waals surface area contributed by atoms with Gasteiger partial charge in [0.2, 0.25) is 0 Å². The third kappa shape index (κ3) is 6.62. The second-order valence-corrected chi connectivity index (χ2v) is 11.6. The number of benzene rings is 2. The van der Waals surface area contributed by atoms with Gasteiger partial charge in [-0.15, -0.1) is 0 Å². The number of amides is 2. The molecule has 2 bridgehead atoms. The number of pyridine rings is 1. The van der Waals surface area contributed by atoms with Crippen LogP contribution in [0.1, 0.15) is 43.0 Å². The maximum Gasteiger partial charge on any atom is 0.461 e. The lowest BCUT2D eigenvalue weighted by molar-refractivity contribution is -0.253. The van der Waals surface area contributed by atoms with Crippen LogP contribution in [0.5, 0.6) is 5.75 Å². The molecule has 5 rings (SSSR count). The van der Waals surface area contributed by atoms with Crippen molar-refractivity contribution in [3.05, 3.63) is 94.8 Å². The van der Waals surface area contributed by atoms with Crippen LogP contribution in [0.4, 0.5) is 22.4 Å². The van der Waals surface area contributed by atoms with Crippen LogP contribution >= 0.6 is 11.6 Å². The van der Waals surface area contributed by atoms with Gasteiger partial charge >= 0.3 is 24.5 Å². The largest absolute Gasteiger partial charge is 0.466 e. The van der Waals surface area contributed by atoms with Crippen LogP contribution in [0.2, 0.25) is 5.02 Å². The lowest BCUT2D eigenvalue weighted by Gasteiger charge is -2.37. The number of nitrogens with zero attached hydrogens (tertiary/aromatic N) is 1. The lowest BCUT2D eigenvalue weighted by Crippen LogP contribution is -2.57. The standard InChI is InChI=1S/C32H32ClF4N3O4/c1-2-43-28(41)26-20-11-12-21(15-20)27(26)39-30(42)40-31(17-19-7-4-3-5-8-19,25-14-13-23(33)18-38-25)22-9-6-10-24(16-22)44-32(36,37)29(34)35/h3-10,13-14,16,18,20-21,26-27,29H,2,11-12,15,17H2,1H3,(H2,39,40,42)/t20-,21+,26-,27+,31+/m0/s1. The lowest BCUT2D eigenvalue weighted by atomic mass is 9.80. The summed E-state index contributed by atoms with van der Waals surface area (Å²) in [6.45, 7) is 1.95. The summed E-state index contributed by atoms with van der Waals surface area (Å²) in [5.41, 5.74) is -0.234. The Morgan fingerprint density at radius 3 is 2.48 bits per heavy atom. The molecular formula is C32H32ClF4N3O4. The number of ether oxygens (including phenoxy) is 2.